The number of nitrogens with zero attached hydrogens (tertiary/aromatic N) is 2. The summed E-state index contributed by atoms with van der Waals surface area (Å²) in [4.78, 5) is 0. The van der Waals surface area contributed by atoms with Crippen molar-refractivity contribution in [3.05, 3.63) is 0 Å². The summed E-state index contributed by atoms with van der Waals surface area (Å²) in [5, 5.41) is 0. The van der Waals surface area contributed by atoms with Gasteiger partial charge >= 0.3 is 0 Å². The maximum Gasteiger partial charge on any atom is 0.281 e. The van der Waals surface area contributed by atoms with E-state index >= 15 is 0 Å². The van der Waals surface area contributed by atoms with Crippen molar-refractivity contribution in [3.63, 3.8) is 0 Å². The molecule has 0 saturated carbocycles. The second-order valence-electron chi connectivity index (χ2n) is 5.87. The van der Waals surface area contributed by atoms with Crippen molar-refractivity contribution in [1.29, 1.82) is 0 Å². The molecule has 2 rings (SSSR count). The third-order valence-corrected chi connectivity index (χ3v) is 6.67. The highest BCUT2D eigenvalue weighted by Crippen LogP contribution is 2.23. The molecule has 1 unspecified atom stereocenters. The fraction of sp³-hybridized carbons (Fsp3) is 1.00. The molecule has 7 heteroatoms. The molecule has 0 radical (unpaired) electrons. The van der Waals surface area contributed by atoms with Crippen molar-refractivity contribution in [2.45, 2.75) is 25.7 Å². The summed E-state index contributed by atoms with van der Waals surface area (Å²) in [5.41, 5.74) is 0. The molecule has 0 spiro atoms. The Labute approximate surface area is 127 Å². The fourth-order valence-electron chi connectivity index (χ4n) is 2.90. The average Bonchev–Trinajstić information content (AvgIpc) is 2.48. The monoisotopic (exact) mass is 324 g/mol. The zero-order chi connectivity index (χ0) is 14.6. The van der Waals surface area contributed by atoms with Crippen LogP contribution in [0.1, 0.15) is 25.7 Å². The predicted molar refractivity (Wildman–Crippen MR) is 80.1 cm³/mol. The molecule has 1 atom stereocenters. The first-order valence-electron chi connectivity index (χ1n) is 7.39. The molecular weight excluding hydrogens is 300 g/mol. The van der Waals surface area contributed by atoms with E-state index in [1.54, 1.807) is 11.4 Å². The lowest BCUT2D eigenvalue weighted by Crippen LogP contribution is -2.47. The standard InChI is InChI=1S/C13H25ClN2O3S/c1-15(10-13-3-2-8-19-11-13)20(17,18)16-6-4-12(9-14)5-7-16/h12-13H,2-11H2,1H3. The van der Waals surface area contributed by atoms with Crippen molar-refractivity contribution in [1.82, 2.24) is 8.61 Å². The van der Waals surface area contributed by atoms with Gasteiger partial charge in [0.2, 0.25) is 0 Å². The minimum Gasteiger partial charge on any atom is -0.381 e. The van der Waals surface area contributed by atoms with Crippen molar-refractivity contribution in [2.24, 2.45) is 11.8 Å². The lowest BCUT2D eigenvalue weighted by atomic mass is 10.0. The van der Waals surface area contributed by atoms with Gasteiger partial charge in [-0.3, -0.25) is 0 Å². The van der Waals surface area contributed by atoms with Crippen LogP contribution in [0.15, 0.2) is 0 Å². The third kappa shape index (κ3) is 4.07. The molecule has 118 valence electrons. The van der Waals surface area contributed by atoms with E-state index in [0.29, 0.717) is 44.0 Å². The Bertz CT molecular complexity index is 390. The zero-order valence-corrected chi connectivity index (χ0v) is 13.7. The Balaban J connectivity index is 1.88. The van der Waals surface area contributed by atoms with E-state index < -0.39 is 10.2 Å². The van der Waals surface area contributed by atoms with Crippen LogP contribution < -0.4 is 0 Å². The van der Waals surface area contributed by atoms with Crippen LogP contribution in [0.5, 0.6) is 0 Å². The maximum absolute atomic E-state index is 12.5. The smallest absolute Gasteiger partial charge is 0.281 e. The number of hydrogen-bond donors (Lipinski definition) is 0. The number of rotatable bonds is 5. The molecule has 2 fully saturated rings. The van der Waals surface area contributed by atoms with Gasteiger partial charge in [0.15, 0.2) is 0 Å². The van der Waals surface area contributed by atoms with Crippen LogP contribution in [0, 0.1) is 11.8 Å². The first-order chi connectivity index (χ1) is 9.54. The Hall–Kier alpha value is 0.120. The van der Waals surface area contributed by atoms with E-state index in [9.17, 15) is 8.42 Å². The van der Waals surface area contributed by atoms with Gasteiger partial charge in [-0.1, -0.05) is 0 Å². The van der Waals surface area contributed by atoms with Gasteiger partial charge in [0.25, 0.3) is 10.2 Å². The average molecular weight is 325 g/mol. The zero-order valence-electron chi connectivity index (χ0n) is 12.1. The molecule has 2 aliphatic heterocycles. The summed E-state index contributed by atoms with van der Waals surface area (Å²) in [6.45, 7) is 3.21. The van der Waals surface area contributed by atoms with Crippen LogP contribution in [0.2, 0.25) is 0 Å². The summed E-state index contributed by atoms with van der Waals surface area (Å²) < 4.78 is 33.6. The molecule has 0 aromatic rings. The van der Waals surface area contributed by atoms with Gasteiger partial charge in [0.05, 0.1) is 6.61 Å². The number of ether oxygens (including phenoxy) is 1. The van der Waals surface area contributed by atoms with Crippen LogP contribution in [0.4, 0.5) is 0 Å². The Morgan fingerprint density at radius 3 is 2.50 bits per heavy atom. The van der Waals surface area contributed by atoms with Crippen LogP contribution in [-0.4, -0.2) is 62.8 Å². The molecule has 0 aromatic heterocycles. The van der Waals surface area contributed by atoms with E-state index in [1.807, 2.05) is 0 Å². The van der Waals surface area contributed by atoms with Gasteiger partial charge in [-0.2, -0.15) is 17.0 Å². The molecule has 2 heterocycles. The highest BCUT2D eigenvalue weighted by molar-refractivity contribution is 7.86. The molecule has 0 amide bonds. The van der Waals surface area contributed by atoms with E-state index in [4.69, 9.17) is 16.3 Å². The van der Waals surface area contributed by atoms with E-state index in [-0.39, 0.29) is 0 Å². The van der Waals surface area contributed by atoms with Gasteiger partial charge in [0, 0.05) is 39.2 Å². The lowest BCUT2D eigenvalue weighted by Gasteiger charge is -2.34. The Kier molecular flexibility index (Phi) is 6.10. The number of piperidine rings is 1. The lowest BCUT2D eigenvalue weighted by molar-refractivity contribution is 0.0489. The van der Waals surface area contributed by atoms with Gasteiger partial charge in [-0.15, -0.1) is 11.6 Å². The minimum atomic E-state index is -3.33. The van der Waals surface area contributed by atoms with Crippen LogP contribution in [0.3, 0.4) is 0 Å². The Morgan fingerprint density at radius 1 is 1.25 bits per heavy atom. The third-order valence-electron chi connectivity index (χ3n) is 4.28. The highest BCUT2D eigenvalue weighted by atomic mass is 35.5. The predicted octanol–water partition coefficient (Wildman–Crippen LogP) is 1.54. The molecule has 2 aliphatic rings. The molecule has 0 aliphatic carbocycles. The molecule has 2 saturated heterocycles. The SMILES string of the molecule is CN(CC1CCCOC1)S(=O)(=O)N1CCC(CCl)CC1. The summed E-state index contributed by atoms with van der Waals surface area (Å²) in [6, 6.07) is 0. The molecule has 5 nitrogen and oxygen atoms in total. The van der Waals surface area contributed by atoms with Crippen LogP contribution in [-0.2, 0) is 14.9 Å². The molecule has 20 heavy (non-hydrogen) atoms. The topological polar surface area (TPSA) is 49.9 Å². The van der Waals surface area contributed by atoms with Crippen LogP contribution in [0.25, 0.3) is 0 Å². The fourth-order valence-corrected chi connectivity index (χ4v) is 4.67. The Morgan fingerprint density at radius 2 is 1.95 bits per heavy atom. The summed E-state index contributed by atoms with van der Waals surface area (Å²) in [7, 11) is -1.65. The van der Waals surface area contributed by atoms with Gasteiger partial charge < -0.3 is 4.74 Å². The number of halogens is 1. The summed E-state index contributed by atoms with van der Waals surface area (Å²) in [5.74, 6) is 1.41. The summed E-state index contributed by atoms with van der Waals surface area (Å²) >= 11 is 5.84. The van der Waals surface area contributed by atoms with Crippen molar-refractivity contribution in [3.8, 4) is 0 Å². The quantitative estimate of drug-likeness (QED) is 0.721. The van der Waals surface area contributed by atoms with E-state index in [1.165, 1.54) is 4.31 Å². The van der Waals surface area contributed by atoms with Crippen molar-refractivity contribution < 1.29 is 13.2 Å². The van der Waals surface area contributed by atoms with Crippen molar-refractivity contribution >= 4 is 21.8 Å². The second kappa shape index (κ2) is 7.40. The maximum atomic E-state index is 12.5. The normalized spacial score (nSPS) is 27.1. The van der Waals surface area contributed by atoms with Gasteiger partial charge in [-0.25, -0.2) is 0 Å². The molecule has 0 aromatic carbocycles. The van der Waals surface area contributed by atoms with E-state index in [0.717, 1.165) is 32.3 Å². The highest BCUT2D eigenvalue weighted by Gasteiger charge is 2.32. The second-order valence-corrected chi connectivity index (χ2v) is 8.21. The largest absolute Gasteiger partial charge is 0.381 e. The van der Waals surface area contributed by atoms with Gasteiger partial charge in [-0.05, 0) is 37.5 Å². The van der Waals surface area contributed by atoms with Gasteiger partial charge in [0.1, 0.15) is 0 Å². The minimum absolute atomic E-state index is 0.323. The molecule has 0 bridgehead atoms. The van der Waals surface area contributed by atoms with Crippen LogP contribution >= 0.6 is 11.6 Å². The molecule has 0 N–H and O–H groups in total. The van der Waals surface area contributed by atoms with Crippen molar-refractivity contribution in [2.75, 3.05) is 45.8 Å². The first kappa shape index (κ1) is 16.5. The number of alkyl halides is 1. The number of hydrogen-bond acceptors (Lipinski definition) is 3. The summed E-state index contributed by atoms with van der Waals surface area (Å²) in [6.07, 6.45) is 3.81. The molecular formula is C13H25ClN2O3S. The first-order valence-corrected chi connectivity index (χ1v) is 9.32. The van der Waals surface area contributed by atoms with E-state index in [2.05, 4.69) is 0 Å².